The van der Waals surface area contributed by atoms with Gasteiger partial charge >= 0.3 is 0 Å². The highest BCUT2D eigenvalue weighted by Crippen LogP contribution is 2.30. The predicted molar refractivity (Wildman–Crippen MR) is 84.9 cm³/mol. The largest absolute Gasteiger partial charge is 0.396 e. The molecule has 0 radical (unpaired) electrons. The van der Waals surface area contributed by atoms with Gasteiger partial charge in [0, 0.05) is 18.7 Å². The van der Waals surface area contributed by atoms with Crippen molar-refractivity contribution >= 4 is 0 Å². The van der Waals surface area contributed by atoms with E-state index in [9.17, 15) is 5.11 Å². The normalized spacial score (nSPS) is 32.4. The number of rotatable bonds is 8. The smallest absolute Gasteiger partial charge is 0.0434 e. The fourth-order valence-electron chi connectivity index (χ4n) is 4.23. The lowest BCUT2D eigenvalue weighted by molar-refractivity contribution is 0.196. The SMILES string of the molecule is CCCC(CCO)CNC1CCCCC1C1CCCN1. The average Bonchev–Trinajstić information content (AvgIpc) is 2.99. The lowest BCUT2D eigenvalue weighted by Crippen LogP contribution is -2.48. The van der Waals surface area contributed by atoms with Gasteiger partial charge < -0.3 is 15.7 Å². The number of aliphatic hydroxyl groups is 1. The third kappa shape index (κ3) is 4.71. The Bertz CT molecular complexity index is 247. The molecule has 3 nitrogen and oxygen atoms in total. The van der Waals surface area contributed by atoms with Gasteiger partial charge in [-0.1, -0.05) is 26.2 Å². The Balaban J connectivity index is 1.81. The van der Waals surface area contributed by atoms with E-state index >= 15 is 0 Å². The van der Waals surface area contributed by atoms with E-state index in [1.807, 2.05) is 0 Å². The average molecular weight is 282 g/mol. The Labute approximate surface area is 124 Å². The number of aliphatic hydroxyl groups excluding tert-OH is 1. The van der Waals surface area contributed by atoms with Crippen molar-refractivity contribution in [2.45, 2.75) is 76.8 Å². The molecule has 0 bridgehead atoms. The molecule has 0 aromatic heterocycles. The van der Waals surface area contributed by atoms with E-state index in [0.29, 0.717) is 18.6 Å². The van der Waals surface area contributed by atoms with Crippen LogP contribution in [-0.4, -0.2) is 36.9 Å². The molecular formula is C17H34N2O. The van der Waals surface area contributed by atoms with Crippen molar-refractivity contribution in [3.05, 3.63) is 0 Å². The maximum Gasteiger partial charge on any atom is 0.0434 e. The molecule has 2 rings (SSSR count). The molecule has 118 valence electrons. The quantitative estimate of drug-likeness (QED) is 0.641. The van der Waals surface area contributed by atoms with Gasteiger partial charge in [0.25, 0.3) is 0 Å². The summed E-state index contributed by atoms with van der Waals surface area (Å²) >= 11 is 0. The van der Waals surface area contributed by atoms with E-state index in [1.54, 1.807) is 0 Å². The lowest BCUT2D eigenvalue weighted by Gasteiger charge is -2.37. The second kappa shape index (κ2) is 9.01. The van der Waals surface area contributed by atoms with E-state index in [0.717, 1.165) is 24.9 Å². The van der Waals surface area contributed by atoms with Crippen molar-refractivity contribution < 1.29 is 5.11 Å². The highest BCUT2D eigenvalue weighted by molar-refractivity contribution is 4.91. The molecule has 0 spiro atoms. The van der Waals surface area contributed by atoms with Crippen LogP contribution in [0.25, 0.3) is 0 Å². The maximum atomic E-state index is 9.19. The molecule has 4 unspecified atom stereocenters. The Morgan fingerprint density at radius 2 is 2.00 bits per heavy atom. The fourth-order valence-corrected chi connectivity index (χ4v) is 4.23. The van der Waals surface area contributed by atoms with Crippen LogP contribution in [0.4, 0.5) is 0 Å². The Morgan fingerprint density at radius 1 is 1.15 bits per heavy atom. The van der Waals surface area contributed by atoms with Crippen molar-refractivity contribution in [1.29, 1.82) is 0 Å². The molecule has 3 heteroatoms. The minimum atomic E-state index is 0.338. The van der Waals surface area contributed by atoms with Gasteiger partial charge in [0.1, 0.15) is 0 Å². The van der Waals surface area contributed by atoms with Gasteiger partial charge in [-0.05, 0) is 63.5 Å². The summed E-state index contributed by atoms with van der Waals surface area (Å²) in [5, 5.41) is 16.8. The zero-order valence-corrected chi connectivity index (χ0v) is 13.2. The first-order valence-electron chi connectivity index (χ1n) is 8.92. The van der Waals surface area contributed by atoms with Gasteiger partial charge in [0.05, 0.1) is 0 Å². The van der Waals surface area contributed by atoms with Crippen molar-refractivity contribution in [3.63, 3.8) is 0 Å². The van der Waals surface area contributed by atoms with Gasteiger partial charge in [0.15, 0.2) is 0 Å². The number of hydrogen-bond acceptors (Lipinski definition) is 3. The monoisotopic (exact) mass is 282 g/mol. The summed E-state index contributed by atoms with van der Waals surface area (Å²) in [6.45, 7) is 4.90. The summed E-state index contributed by atoms with van der Waals surface area (Å²) in [4.78, 5) is 0. The standard InChI is InChI=1S/C17H34N2O/c1-2-6-14(10-12-20)13-19-17-8-4-3-7-15(17)16-9-5-11-18-16/h14-20H,2-13H2,1H3. The Hall–Kier alpha value is -0.120. The topological polar surface area (TPSA) is 44.3 Å². The summed E-state index contributed by atoms with van der Waals surface area (Å²) in [5.74, 6) is 1.49. The molecule has 3 N–H and O–H groups in total. The fraction of sp³-hybridized carbons (Fsp3) is 1.00. The predicted octanol–water partition coefficient (Wildman–Crippen LogP) is 2.69. The molecule has 1 saturated carbocycles. The van der Waals surface area contributed by atoms with Crippen molar-refractivity contribution in [2.24, 2.45) is 11.8 Å². The second-order valence-corrected chi connectivity index (χ2v) is 6.83. The highest BCUT2D eigenvalue weighted by Gasteiger charge is 2.33. The molecule has 1 saturated heterocycles. The van der Waals surface area contributed by atoms with Crippen molar-refractivity contribution in [2.75, 3.05) is 19.7 Å². The molecule has 20 heavy (non-hydrogen) atoms. The Morgan fingerprint density at radius 3 is 2.70 bits per heavy atom. The van der Waals surface area contributed by atoms with Gasteiger partial charge in [-0.2, -0.15) is 0 Å². The van der Waals surface area contributed by atoms with Gasteiger partial charge in [-0.15, -0.1) is 0 Å². The first-order valence-corrected chi connectivity index (χ1v) is 8.92. The van der Waals surface area contributed by atoms with E-state index in [1.165, 1.54) is 57.9 Å². The summed E-state index contributed by atoms with van der Waals surface area (Å²) in [7, 11) is 0. The molecule has 0 amide bonds. The molecule has 0 aromatic carbocycles. The highest BCUT2D eigenvalue weighted by atomic mass is 16.3. The third-order valence-corrected chi connectivity index (χ3v) is 5.34. The molecule has 4 atom stereocenters. The van der Waals surface area contributed by atoms with E-state index in [4.69, 9.17) is 0 Å². The minimum absolute atomic E-state index is 0.338. The third-order valence-electron chi connectivity index (χ3n) is 5.34. The maximum absolute atomic E-state index is 9.19. The summed E-state index contributed by atoms with van der Waals surface area (Å²) < 4.78 is 0. The first-order chi connectivity index (χ1) is 9.85. The second-order valence-electron chi connectivity index (χ2n) is 6.83. The molecule has 0 aromatic rings. The Kier molecular flexibility index (Phi) is 7.32. The molecule has 2 aliphatic rings. The zero-order valence-electron chi connectivity index (χ0n) is 13.2. The summed E-state index contributed by atoms with van der Waals surface area (Å²) in [5.41, 5.74) is 0. The van der Waals surface area contributed by atoms with Gasteiger partial charge in [-0.25, -0.2) is 0 Å². The van der Waals surface area contributed by atoms with Crippen LogP contribution in [0, 0.1) is 11.8 Å². The molecule has 2 fully saturated rings. The van der Waals surface area contributed by atoms with Crippen LogP contribution in [0.5, 0.6) is 0 Å². The minimum Gasteiger partial charge on any atom is -0.396 e. The number of nitrogens with one attached hydrogen (secondary N) is 2. The molecular weight excluding hydrogens is 248 g/mol. The van der Waals surface area contributed by atoms with Crippen LogP contribution in [0.3, 0.4) is 0 Å². The van der Waals surface area contributed by atoms with Crippen LogP contribution in [0.2, 0.25) is 0 Å². The van der Waals surface area contributed by atoms with Crippen LogP contribution < -0.4 is 10.6 Å². The molecule has 1 aliphatic heterocycles. The van der Waals surface area contributed by atoms with E-state index < -0.39 is 0 Å². The van der Waals surface area contributed by atoms with Crippen molar-refractivity contribution in [3.8, 4) is 0 Å². The molecule has 1 heterocycles. The first kappa shape index (κ1) is 16.3. The van der Waals surface area contributed by atoms with Crippen LogP contribution in [0.15, 0.2) is 0 Å². The van der Waals surface area contributed by atoms with E-state index in [-0.39, 0.29) is 0 Å². The summed E-state index contributed by atoms with van der Waals surface area (Å²) in [6, 6.07) is 1.47. The summed E-state index contributed by atoms with van der Waals surface area (Å²) in [6.07, 6.45) is 11.7. The van der Waals surface area contributed by atoms with Gasteiger partial charge in [-0.3, -0.25) is 0 Å². The van der Waals surface area contributed by atoms with Crippen LogP contribution in [0.1, 0.15) is 64.7 Å². The zero-order chi connectivity index (χ0) is 14.2. The number of hydrogen-bond donors (Lipinski definition) is 3. The van der Waals surface area contributed by atoms with Crippen LogP contribution >= 0.6 is 0 Å². The van der Waals surface area contributed by atoms with E-state index in [2.05, 4.69) is 17.6 Å². The lowest BCUT2D eigenvalue weighted by atomic mass is 9.79. The van der Waals surface area contributed by atoms with Crippen LogP contribution in [-0.2, 0) is 0 Å². The van der Waals surface area contributed by atoms with Crippen molar-refractivity contribution in [1.82, 2.24) is 10.6 Å². The molecule has 1 aliphatic carbocycles. The van der Waals surface area contributed by atoms with Gasteiger partial charge in [0.2, 0.25) is 0 Å².